The molecule has 0 aliphatic carbocycles. The molecule has 0 bridgehead atoms. The van der Waals surface area contributed by atoms with Crippen molar-refractivity contribution in [2.24, 2.45) is 0 Å². The normalized spacial score (nSPS) is 0. The molecule has 0 nitrogen and oxygen atoms in total. The minimum atomic E-state index is 0. The fourth-order valence-electron chi connectivity index (χ4n) is 0. The Morgan fingerprint density at radius 1 is 1.00 bits per heavy atom. The predicted octanol–water partition coefficient (Wildman–Crippen LogP) is -3.82. The van der Waals surface area contributed by atoms with Gasteiger partial charge in [-0.05, 0) is 11.0 Å². The molecule has 0 aromatic rings. The summed E-state index contributed by atoms with van der Waals surface area (Å²) >= 11 is 0. The van der Waals surface area contributed by atoms with Gasteiger partial charge < -0.3 is 0 Å². The summed E-state index contributed by atoms with van der Waals surface area (Å²) in [6.07, 6.45) is 0. The second-order valence-electron chi connectivity index (χ2n) is 0. The van der Waals surface area contributed by atoms with Crippen molar-refractivity contribution < 1.29 is 36.9 Å². The van der Waals surface area contributed by atoms with Crippen LogP contribution in [0.5, 0.6) is 0 Å². The third kappa shape index (κ3) is 8.98. The Morgan fingerprint density at radius 2 is 1.00 bits per heavy atom. The SMILES string of the molecule is [CaH2].[GeH4].[Lu].[SiH4]. The quantitative estimate of drug-likeness (QED) is 0.401. The zero-order valence-electron chi connectivity index (χ0n) is 0.258. The zero-order valence-corrected chi connectivity index (χ0v) is 1.91. The molecule has 4 heavy (non-hydrogen) atoms. The minimum Gasteiger partial charge on any atom is -0.0149 e. The standard InChI is InChI=1S/Ca.GeH4.Lu.H4Si.2H/h;1H4;;1H4;;. The van der Waals surface area contributed by atoms with Crippen LogP contribution in [0.1, 0.15) is 0 Å². The molecule has 0 aliphatic rings. The van der Waals surface area contributed by atoms with E-state index < -0.39 is 0 Å². The molecule has 0 aromatic carbocycles. The Balaban J connectivity index is 0. The van der Waals surface area contributed by atoms with Crippen molar-refractivity contribution in [1.82, 2.24) is 0 Å². The molecule has 0 aliphatic heterocycles. The van der Waals surface area contributed by atoms with Crippen molar-refractivity contribution in [3.63, 3.8) is 0 Å². The average Bonchev–Trinajstić information content (AvgIpc) is 0. The summed E-state index contributed by atoms with van der Waals surface area (Å²) in [7, 11) is 0. The van der Waals surface area contributed by atoms with Crippen molar-refractivity contribution in [2.75, 3.05) is 0 Å². The molecule has 1 radical (unpaired) electrons. The molecule has 35 valence electrons. The fourth-order valence-corrected chi connectivity index (χ4v) is 0. The van der Waals surface area contributed by atoms with Crippen LogP contribution in [0, 0.1) is 36.9 Å². The van der Waals surface area contributed by atoms with Gasteiger partial charge in [0, 0.05) is 36.9 Å². The first-order valence-electron chi connectivity index (χ1n) is 0. The van der Waals surface area contributed by atoms with Gasteiger partial charge in [-0.2, -0.15) is 0 Å². The van der Waals surface area contributed by atoms with E-state index in [1.54, 1.807) is 0 Å². The molecule has 0 spiro atoms. The zero-order chi connectivity index (χ0) is 0. The van der Waals surface area contributed by atoms with Gasteiger partial charge in [0.15, 0.2) is 0 Å². The minimum absolute atomic E-state index is 0. The first-order valence-corrected chi connectivity index (χ1v) is 0. The predicted molar refractivity (Wildman–Crippen MR) is 31.2 cm³/mol. The number of hydrogen-bond donors (Lipinski definition) is 0. The van der Waals surface area contributed by atoms with Gasteiger partial charge >= 0.3 is 55.3 Å². The summed E-state index contributed by atoms with van der Waals surface area (Å²) in [5, 5.41) is 0. The molecule has 4 heteroatoms. The molecule has 0 saturated carbocycles. The topological polar surface area (TPSA) is 0 Å². The molecule has 0 fully saturated rings. The summed E-state index contributed by atoms with van der Waals surface area (Å²) in [5.74, 6) is 0. The molecular formula is H10CaGeLuSi. The molecular weight excluding hydrogens is 316 g/mol. The average molecular weight is 326 g/mol. The van der Waals surface area contributed by atoms with Gasteiger partial charge in [0.05, 0.1) is 0 Å². The van der Waals surface area contributed by atoms with Gasteiger partial charge in [-0.3, -0.25) is 0 Å². The van der Waals surface area contributed by atoms with E-state index in [2.05, 4.69) is 0 Å². The molecule has 0 atom stereocenters. The summed E-state index contributed by atoms with van der Waals surface area (Å²) < 4.78 is 0. The second kappa shape index (κ2) is 16.3. The fraction of sp³-hybridized carbons (Fsp3) is 0. The Kier molecular flexibility index (Phi) is 109. The molecule has 0 N–H and O–H groups in total. The van der Waals surface area contributed by atoms with Crippen molar-refractivity contribution in [3.05, 3.63) is 0 Å². The summed E-state index contributed by atoms with van der Waals surface area (Å²) in [5.41, 5.74) is 0. The van der Waals surface area contributed by atoms with Gasteiger partial charge in [-0.15, -0.1) is 0 Å². The Bertz CT molecular complexity index is 8.00. The van der Waals surface area contributed by atoms with Crippen LogP contribution in [0.3, 0.4) is 0 Å². The first kappa shape index (κ1) is 26.8. The second-order valence-corrected chi connectivity index (χ2v) is 0. The molecule has 0 rings (SSSR count). The molecule has 0 heterocycles. The van der Waals surface area contributed by atoms with E-state index in [1.165, 1.54) is 0 Å². The van der Waals surface area contributed by atoms with E-state index in [0.29, 0.717) is 0 Å². The van der Waals surface area contributed by atoms with E-state index in [0.717, 1.165) is 0 Å². The van der Waals surface area contributed by atoms with Crippen LogP contribution >= 0.6 is 0 Å². The third-order valence-corrected chi connectivity index (χ3v) is 0. The van der Waals surface area contributed by atoms with Crippen molar-refractivity contribution in [3.8, 4) is 0 Å². The molecule has 0 saturated heterocycles. The molecule has 0 amide bonds. The van der Waals surface area contributed by atoms with Gasteiger partial charge in [0.1, 0.15) is 0 Å². The largest absolute Gasteiger partial charge is 0.0149 e. The maximum Gasteiger partial charge on any atom is 0 e. The maximum absolute atomic E-state index is 0. The van der Waals surface area contributed by atoms with Gasteiger partial charge in [0.25, 0.3) is 0 Å². The maximum atomic E-state index is 0. The number of rotatable bonds is 0. The first-order chi connectivity index (χ1) is 0. The molecule has 0 unspecified atom stereocenters. The smallest absolute Gasteiger partial charge is 0 e. The van der Waals surface area contributed by atoms with Crippen LogP contribution in [0.25, 0.3) is 0 Å². The van der Waals surface area contributed by atoms with Crippen molar-refractivity contribution in [2.45, 2.75) is 0 Å². The van der Waals surface area contributed by atoms with Crippen LogP contribution in [0.15, 0.2) is 0 Å². The van der Waals surface area contributed by atoms with Crippen molar-refractivity contribution in [1.29, 1.82) is 0 Å². The van der Waals surface area contributed by atoms with E-state index in [-0.39, 0.29) is 103 Å². The van der Waals surface area contributed by atoms with Crippen molar-refractivity contribution >= 4 is 66.3 Å². The Morgan fingerprint density at radius 3 is 1.00 bits per heavy atom. The van der Waals surface area contributed by atoms with Gasteiger partial charge in [0.2, 0.25) is 0 Å². The van der Waals surface area contributed by atoms with Crippen LogP contribution in [0.2, 0.25) is 0 Å². The summed E-state index contributed by atoms with van der Waals surface area (Å²) in [6.45, 7) is 0. The monoisotopic (exact) mass is 327 g/mol. The van der Waals surface area contributed by atoms with E-state index in [4.69, 9.17) is 0 Å². The Labute approximate surface area is 101 Å². The van der Waals surface area contributed by atoms with E-state index in [9.17, 15) is 0 Å². The molecule has 0 aromatic heterocycles. The van der Waals surface area contributed by atoms with Gasteiger partial charge in [-0.25, -0.2) is 0 Å². The van der Waals surface area contributed by atoms with Crippen LogP contribution in [0.4, 0.5) is 0 Å². The van der Waals surface area contributed by atoms with E-state index >= 15 is 0 Å². The number of hydrogen-bond acceptors (Lipinski definition) is 0. The Hall–Kier alpha value is 3.25. The van der Waals surface area contributed by atoms with E-state index in [1.807, 2.05) is 0 Å². The summed E-state index contributed by atoms with van der Waals surface area (Å²) in [4.78, 5) is 0. The van der Waals surface area contributed by atoms with Crippen LogP contribution < -0.4 is 0 Å². The third-order valence-electron chi connectivity index (χ3n) is 0. The van der Waals surface area contributed by atoms with Crippen LogP contribution in [-0.2, 0) is 0 Å². The summed E-state index contributed by atoms with van der Waals surface area (Å²) in [6, 6.07) is 0. The van der Waals surface area contributed by atoms with Crippen LogP contribution in [-0.4, -0.2) is 66.3 Å². The van der Waals surface area contributed by atoms with Gasteiger partial charge in [-0.1, -0.05) is 0 Å².